The highest BCUT2D eigenvalue weighted by molar-refractivity contribution is 6.32. The average Bonchev–Trinajstić information content (AvgIpc) is 3.16. The maximum absolute atomic E-state index is 13.2. The topological polar surface area (TPSA) is 74.0 Å². The maximum atomic E-state index is 13.2. The summed E-state index contributed by atoms with van der Waals surface area (Å²) in [5.74, 6) is -0.747. The van der Waals surface area contributed by atoms with Crippen molar-refractivity contribution in [1.82, 2.24) is 19.6 Å². The van der Waals surface area contributed by atoms with Gasteiger partial charge < -0.3 is 10.1 Å². The first-order valence-corrected chi connectivity index (χ1v) is 7.89. The zero-order valence-corrected chi connectivity index (χ0v) is 14.6. The maximum Gasteiger partial charge on any atom is 0.283 e. The van der Waals surface area contributed by atoms with Gasteiger partial charge in [0.2, 0.25) is 5.91 Å². The van der Waals surface area contributed by atoms with E-state index < -0.39 is 41.2 Å². The fourth-order valence-electron chi connectivity index (χ4n) is 2.12. The van der Waals surface area contributed by atoms with Crippen LogP contribution in [0, 0.1) is 0 Å². The van der Waals surface area contributed by atoms with Crippen molar-refractivity contribution in [2.24, 2.45) is 0 Å². The van der Waals surface area contributed by atoms with Crippen LogP contribution in [0.15, 0.2) is 12.4 Å². The summed E-state index contributed by atoms with van der Waals surface area (Å²) in [7, 11) is 0. The lowest BCUT2D eigenvalue weighted by atomic mass is 10.3. The molecule has 0 saturated heterocycles. The van der Waals surface area contributed by atoms with Crippen molar-refractivity contribution in [1.29, 1.82) is 0 Å². The number of alkyl halides is 4. The molecular formula is C14H16ClF4N5O2. The van der Waals surface area contributed by atoms with Gasteiger partial charge in [-0.2, -0.15) is 10.2 Å². The van der Waals surface area contributed by atoms with E-state index >= 15 is 0 Å². The van der Waals surface area contributed by atoms with E-state index in [1.807, 2.05) is 0 Å². The molecule has 0 aromatic carbocycles. The molecule has 12 heteroatoms. The SMILES string of the molecule is CCOCn1cc(NC(=O)C(C)n2nc(C(F)F)c(Cl)c2C(F)F)cn1. The van der Waals surface area contributed by atoms with E-state index in [2.05, 4.69) is 15.5 Å². The van der Waals surface area contributed by atoms with E-state index in [4.69, 9.17) is 16.3 Å². The molecular weight excluding hydrogens is 382 g/mol. The van der Waals surface area contributed by atoms with E-state index in [9.17, 15) is 22.4 Å². The monoisotopic (exact) mass is 397 g/mol. The zero-order valence-electron chi connectivity index (χ0n) is 13.8. The van der Waals surface area contributed by atoms with Gasteiger partial charge in [-0.1, -0.05) is 11.6 Å². The summed E-state index contributed by atoms with van der Waals surface area (Å²) >= 11 is 5.58. The van der Waals surface area contributed by atoms with Gasteiger partial charge >= 0.3 is 0 Å². The number of hydrogen-bond donors (Lipinski definition) is 1. The first-order valence-electron chi connectivity index (χ1n) is 7.51. The van der Waals surface area contributed by atoms with Gasteiger partial charge in [0.25, 0.3) is 12.9 Å². The number of nitrogens with one attached hydrogen (secondary N) is 1. The second kappa shape index (κ2) is 8.49. The Bertz CT molecular complexity index is 765. The highest BCUT2D eigenvalue weighted by Gasteiger charge is 2.31. The van der Waals surface area contributed by atoms with Gasteiger partial charge in [-0.25, -0.2) is 26.9 Å². The molecule has 0 aliphatic rings. The van der Waals surface area contributed by atoms with Crippen molar-refractivity contribution in [3.63, 3.8) is 0 Å². The molecule has 1 unspecified atom stereocenters. The minimum absolute atomic E-state index is 0.171. The molecule has 26 heavy (non-hydrogen) atoms. The van der Waals surface area contributed by atoms with E-state index in [1.54, 1.807) is 6.92 Å². The van der Waals surface area contributed by atoms with Crippen LogP contribution in [-0.2, 0) is 16.3 Å². The number of carbonyl (C=O) groups excluding carboxylic acids is 1. The van der Waals surface area contributed by atoms with Crippen LogP contribution in [0.4, 0.5) is 23.2 Å². The van der Waals surface area contributed by atoms with Crippen LogP contribution >= 0.6 is 11.6 Å². The van der Waals surface area contributed by atoms with Crippen LogP contribution in [0.1, 0.15) is 44.1 Å². The van der Waals surface area contributed by atoms with Crippen molar-refractivity contribution in [3.05, 3.63) is 28.8 Å². The lowest BCUT2D eigenvalue weighted by molar-refractivity contribution is -0.119. The lowest BCUT2D eigenvalue weighted by Crippen LogP contribution is -2.26. The Morgan fingerprint density at radius 1 is 1.35 bits per heavy atom. The van der Waals surface area contributed by atoms with E-state index in [0.29, 0.717) is 11.3 Å². The van der Waals surface area contributed by atoms with Gasteiger partial charge in [0.1, 0.15) is 24.2 Å². The van der Waals surface area contributed by atoms with Gasteiger partial charge in [0.15, 0.2) is 0 Å². The van der Waals surface area contributed by atoms with Gasteiger partial charge in [0.05, 0.1) is 23.1 Å². The summed E-state index contributed by atoms with van der Waals surface area (Å²) in [5.41, 5.74) is -1.64. The van der Waals surface area contributed by atoms with Crippen LogP contribution < -0.4 is 5.32 Å². The second-order valence-electron chi connectivity index (χ2n) is 5.19. The summed E-state index contributed by atoms with van der Waals surface area (Å²) in [4.78, 5) is 12.3. The fourth-order valence-corrected chi connectivity index (χ4v) is 2.41. The second-order valence-corrected chi connectivity index (χ2v) is 5.56. The zero-order chi connectivity index (χ0) is 19.4. The van der Waals surface area contributed by atoms with Crippen molar-refractivity contribution in [2.75, 3.05) is 11.9 Å². The van der Waals surface area contributed by atoms with Gasteiger partial charge in [-0.15, -0.1) is 0 Å². The molecule has 1 N–H and O–H groups in total. The van der Waals surface area contributed by atoms with Crippen LogP contribution in [0.2, 0.25) is 5.02 Å². The van der Waals surface area contributed by atoms with Gasteiger partial charge in [-0.3, -0.25) is 4.79 Å². The number of rotatable bonds is 8. The molecule has 0 spiro atoms. The van der Waals surface area contributed by atoms with Crippen molar-refractivity contribution < 1.29 is 27.1 Å². The lowest BCUT2D eigenvalue weighted by Gasteiger charge is -2.14. The molecule has 0 aliphatic carbocycles. The quantitative estimate of drug-likeness (QED) is 0.687. The van der Waals surface area contributed by atoms with Gasteiger partial charge in [0, 0.05) is 6.61 Å². The molecule has 1 atom stereocenters. The summed E-state index contributed by atoms with van der Waals surface area (Å²) in [5, 5.41) is 8.93. The summed E-state index contributed by atoms with van der Waals surface area (Å²) in [6.07, 6.45) is -3.52. The molecule has 0 fully saturated rings. The van der Waals surface area contributed by atoms with Crippen LogP contribution in [0.25, 0.3) is 0 Å². The number of halogens is 5. The molecule has 2 rings (SSSR count). The average molecular weight is 398 g/mol. The molecule has 2 aromatic rings. The van der Waals surface area contributed by atoms with Crippen molar-refractivity contribution >= 4 is 23.2 Å². The first kappa shape index (κ1) is 20.2. The highest BCUT2D eigenvalue weighted by Crippen LogP contribution is 2.36. The summed E-state index contributed by atoms with van der Waals surface area (Å²) in [6, 6.07) is -1.31. The largest absolute Gasteiger partial charge is 0.360 e. The predicted molar refractivity (Wildman–Crippen MR) is 84.3 cm³/mol. The Morgan fingerprint density at radius 3 is 2.62 bits per heavy atom. The normalized spacial score (nSPS) is 12.8. The summed E-state index contributed by atoms with van der Waals surface area (Å²) in [6.45, 7) is 3.69. The van der Waals surface area contributed by atoms with E-state index in [1.165, 1.54) is 24.0 Å². The Kier molecular flexibility index (Phi) is 6.59. The number of amides is 1. The number of anilines is 1. The smallest absolute Gasteiger partial charge is 0.283 e. The number of hydrogen-bond acceptors (Lipinski definition) is 4. The molecule has 0 saturated carbocycles. The minimum atomic E-state index is -3.17. The minimum Gasteiger partial charge on any atom is -0.360 e. The number of nitrogens with zero attached hydrogens (tertiary/aromatic N) is 4. The summed E-state index contributed by atoms with van der Waals surface area (Å²) < 4.78 is 59.2. The fraction of sp³-hybridized carbons (Fsp3) is 0.500. The number of carbonyl (C=O) groups is 1. The third kappa shape index (κ3) is 4.33. The number of aromatic nitrogens is 4. The van der Waals surface area contributed by atoms with Crippen molar-refractivity contribution in [2.45, 2.75) is 39.5 Å². The standard InChI is InChI=1S/C14H16ClF4N5O2/c1-3-26-6-23-5-8(4-20-23)21-14(25)7(2)24-11(13(18)19)9(15)10(22-24)12(16)17/h4-5,7,12-13H,3,6H2,1-2H3,(H,21,25). The van der Waals surface area contributed by atoms with Crippen molar-refractivity contribution in [3.8, 4) is 0 Å². The van der Waals surface area contributed by atoms with Crippen LogP contribution in [-0.4, -0.2) is 32.1 Å². The van der Waals surface area contributed by atoms with Crippen LogP contribution in [0.5, 0.6) is 0 Å². The highest BCUT2D eigenvalue weighted by atomic mass is 35.5. The molecule has 0 bridgehead atoms. The van der Waals surface area contributed by atoms with E-state index in [-0.39, 0.29) is 12.4 Å². The molecule has 7 nitrogen and oxygen atoms in total. The molecule has 0 aliphatic heterocycles. The third-order valence-electron chi connectivity index (χ3n) is 3.40. The molecule has 2 aromatic heterocycles. The molecule has 0 radical (unpaired) electrons. The van der Waals surface area contributed by atoms with Crippen LogP contribution in [0.3, 0.4) is 0 Å². The Labute approximate surface area is 150 Å². The Balaban J connectivity index is 2.20. The number of ether oxygens (including phenoxy) is 1. The first-order chi connectivity index (χ1) is 12.3. The Morgan fingerprint density at radius 2 is 2.04 bits per heavy atom. The predicted octanol–water partition coefficient (Wildman–Crippen LogP) is 3.80. The van der Waals surface area contributed by atoms with Gasteiger partial charge in [-0.05, 0) is 13.8 Å². The Hall–Kier alpha value is -2.14. The molecule has 1 amide bonds. The van der Waals surface area contributed by atoms with E-state index in [0.717, 1.165) is 0 Å². The molecule has 144 valence electrons. The molecule has 2 heterocycles. The third-order valence-corrected chi connectivity index (χ3v) is 3.79.